The zero-order valence-electron chi connectivity index (χ0n) is 11.6. The van der Waals surface area contributed by atoms with Gasteiger partial charge in [0.05, 0.1) is 6.10 Å². The van der Waals surface area contributed by atoms with E-state index in [1.165, 1.54) is 4.48 Å². The third-order valence-electron chi connectivity index (χ3n) is 3.79. The van der Waals surface area contributed by atoms with Crippen molar-refractivity contribution in [2.24, 2.45) is 5.41 Å². The van der Waals surface area contributed by atoms with Crippen molar-refractivity contribution in [2.45, 2.75) is 65.3 Å². The smallest absolute Gasteiger partial charge is 0.192 e. The highest BCUT2D eigenvalue weighted by Crippen LogP contribution is 2.44. The molecule has 94 valence electrons. The number of hydrogen-bond acceptors (Lipinski definition) is 1. The third kappa shape index (κ3) is 3.20. The quantitative estimate of drug-likeness (QED) is 0.646. The molecular weight excluding hydrogens is 280 g/mol. The van der Waals surface area contributed by atoms with Crippen LogP contribution in [0.1, 0.15) is 41.0 Å². The van der Waals surface area contributed by atoms with Gasteiger partial charge in [0.2, 0.25) is 0 Å². The van der Waals surface area contributed by atoms with Gasteiger partial charge in [0.25, 0.3) is 0 Å². The maximum atomic E-state index is 6.43. The Bertz CT molecular complexity index is 300. The van der Waals surface area contributed by atoms with Crippen LogP contribution >= 0.6 is 15.9 Å². The molecule has 1 nitrogen and oxygen atoms in total. The van der Waals surface area contributed by atoms with E-state index < -0.39 is 8.32 Å². The highest BCUT2D eigenvalue weighted by molar-refractivity contribution is 9.11. The predicted molar refractivity (Wildman–Crippen MR) is 77.5 cm³/mol. The van der Waals surface area contributed by atoms with Crippen LogP contribution in [0.3, 0.4) is 0 Å². The van der Waals surface area contributed by atoms with E-state index in [0.717, 1.165) is 6.42 Å². The lowest BCUT2D eigenvalue weighted by atomic mass is 9.93. The predicted octanol–water partition coefficient (Wildman–Crippen LogP) is 5.09. The summed E-state index contributed by atoms with van der Waals surface area (Å²) in [7, 11) is -1.65. The molecule has 0 aromatic carbocycles. The molecule has 1 atom stereocenters. The summed E-state index contributed by atoms with van der Waals surface area (Å²) in [6.07, 6.45) is 3.67. The second kappa shape index (κ2) is 4.25. The summed E-state index contributed by atoms with van der Waals surface area (Å²) in [6, 6.07) is 0. The van der Waals surface area contributed by atoms with Crippen LogP contribution < -0.4 is 0 Å². The molecule has 0 unspecified atom stereocenters. The SMILES string of the molecule is CC1(C)C=C(Br)[C@@H](O[Si](C)(C)C(C)(C)C)C1. The van der Waals surface area contributed by atoms with E-state index in [0.29, 0.717) is 0 Å². The topological polar surface area (TPSA) is 9.23 Å². The zero-order chi connectivity index (χ0) is 12.8. The standard InChI is InChI=1S/C13H25BrOSi/c1-12(2,3)16(6,7)15-11-9-13(4,5)8-10(11)14/h8,11H,9H2,1-7H3/t11-/m0/s1. The van der Waals surface area contributed by atoms with E-state index in [2.05, 4.69) is 69.7 Å². The molecule has 0 aliphatic heterocycles. The Morgan fingerprint density at radius 1 is 1.38 bits per heavy atom. The lowest BCUT2D eigenvalue weighted by Gasteiger charge is -2.39. The first-order chi connectivity index (χ1) is 6.95. The molecule has 0 fully saturated rings. The van der Waals surface area contributed by atoms with Gasteiger partial charge < -0.3 is 4.43 Å². The van der Waals surface area contributed by atoms with Crippen LogP contribution in [-0.2, 0) is 4.43 Å². The average Bonchev–Trinajstić information content (AvgIpc) is 2.20. The molecule has 0 aromatic rings. The minimum Gasteiger partial charge on any atom is -0.409 e. The summed E-state index contributed by atoms with van der Waals surface area (Å²) >= 11 is 3.66. The highest BCUT2D eigenvalue weighted by Gasteiger charge is 2.42. The van der Waals surface area contributed by atoms with Crippen molar-refractivity contribution in [3.05, 3.63) is 10.6 Å². The van der Waals surface area contributed by atoms with E-state index in [1.54, 1.807) is 0 Å². The third-order valence-corrected chi connectivity index (χ3v) is 9.02. The van der Waals surface area contributed by atoms with Gasteiger partial charge in [-0.15, -0.1) is 0 Å². The monoisotopic (exact) mass is 304 g/mol. The summed E-state index contributed by atoms with van der Waals surface area (Å²) in [5.41, 5.74) is 0.270. The fraction of sp³-hybridized carbons (Fsp3) is 0.846. The molecule has 0 bridgehead atoms. The highest BCUT2D eigenvalue weighted by atomic mass is 79.9. The van der Waals surface area contributed by atoms with Crippen molar-refractivity contribution in [2.75, 3.05) is 0 Å². The van der Waals surface area contributed by atoms with E-state index >= 15 is 0 Å². The van der Waals surface area contributed by atoms with E-state index in [1.807, 2.05) is 0 Å². The summed E-state index contributed by atoms with van der Waals surface area (Å²) < 4.78 is 7.67. The largest absolute Gasteiger partial charge is 0.409 e. The molecule has 0 saturated heterocycles. The van der Waals surface area contributed by atoms with Crippen LogP contribution in [0.25, 0.3) is 0 Å². The lowest BCUT2D eigenvalue weighted by Crippen LogP contribution is -2.43. The maximum Gasteiger partial charge on any atom is 0.192 e. The molecule has 0 saturated carbocycles. The van der Waals surface area contributed by atoms with Gasteiger partial charge in [-0.25, -0.2) is 0 Å². The van der Waals surface area contributed by atoms with Crippen molar-refractivity contribution >= 4 is 24.2 Å². The fourth-order valence-corrected chi connectivity index (χ4v) is 4.05. The minimum atomic E-state index is -1.65. The van der Waals surface area contributed by atoms with E-state index in [4.69, 9.17) is 4.43 Å². The molecule has 1 rings (SSSR count). The van der Waals surface area contributed by atoms with Crippen LogP contribution in [0.2, 0.25) is 18.1 Å². The molecule has 0 aromatic heterocycles. The van der Waals surface area contributed by atoms with Crippen LogP contribution in [0.15, 0.2) is 10.6 Å². The first kappa shape index (κ1) is 14.5. The molecular formula is C13H25BrOSi. The van der Waals surface area contributed by atoms with Gasteiger partial charge in [-0.2, -0.15) is 0 Å². The molecule has 16 heavy (non-hydrogen) atoms. The van der Waals surface area contributed by atoms with Crippen LogP contribution in [-0.4, -0.2) is 14.4 Å². The van der Waals surface area contributed by atoms with Gasteiger partial charge in [0.1, 0.15) is 0 Å². The minimum absolute atomic E-state index is 0.270. The Labute approximate surface area is 110 Å². The van der Waals surface area contributed by atoms with Gasteiger partial charge in [0, 0.05) is 4.48 Å². The Hall–Kier alpha value is 0.397. The molecule has 0 heterocycles. The van der Waals surface area contributed by atoms with Gasteiger partial charge in [-0.1, -0.05) is 56.6 Å². The zero-order valence-corrected chi connectivity index (χ0v) is 14.2. The van der Waals surface area contributed by atoms with Crippen LogP contribution in [0.4, 0.5) is 0 Å². The van der Waals surface area contributed by atoms with Crippen LogP contribution in [0, 0.1) is 5.41 Å². The Balaban J connectivity index is 2.75. The van der Waals surface area contributed by atoms with Crippen molar-refractivity contribution in [3.8, 4) is 0 Å². The second-order valence-corrected chi connectivity index (χ2v) is 12.8. The summed E-state index contributed by atoms with van der Waals surface area (Å²) in [4.78, 5) is 0. The van der Waals surface area contributed by atoms with Crippen molar-refractivity contribution in [3.63, 3.8) is 0 Å². The molecule has 0 spiro atoms. The van der Waals surface area contributed by atoms with E-state index in [-0.39, 0.29) is 16.6 Å². The van der Waals surface area contributed by atoms with Crippen LogP contribution in [0.5, 0.6) is 0 Å². The summed E-state index contributed by atoms with van der Waals surface area (Å²) in [5.74, 6) is 0. The molecule has 1 aliphatic rings. The van der Waals surface area contributed by atoms with Crippen molar-refractivity contribution in [1.29, 1.82) is 0 Å². The molecule has 3 heteroatoms. The Morgan fingerprint density at radius 2 is 1.88 bits per heavy atom. The molecule has 0 amide bonds. The molecule has 1 aliphatic carbocycles. The lowest BCUT2D eigenvalue weighted by molar-refractivity contribution is 0.194. The normalized spacial score (nSPS) is 25.8. The second-order valence-electron chi connectivity index (χ2n) is 7.09. The van der Waals surface area contributed by atoms with Gasteiger partial charge in [-0.3, -0.25) is 0 Å². The van der Waals surface area contributed by atoms with Crippen molar-refractivity contribution in [1.82, 2.24) is 0 Å². The fourth-order valence-electron chi connectivity index (χ4n) is 1.73. The number of allylic oxidation sites excluding steroid dienone is 1. The summed E-state index contributed by atoms with van der Waals surface area (Å²) in [5, 5.41) is 0.285. The Kier molecular flexibility index (Phi) is 3.84. The number of halogens is 1. The van der Waals surface area contributed by atoms with E-state index in [9.17, 15) is 0 Å². The maximum absolute atomic E-state index is 6.43. The van der Waals surface area contributed by atoms with Crippen molar-refractivity contribution < 1.29 is 4.43 Å². The van der Waals surface area contributed by atoms with Gasteiger partial charge in [-0.05, 0) is 30.0 Å². The molecule has 0 radical (unpaired) electrons. The summed E-state index contributed by atoms with van der Waals surface area (Å²) in [6.45, 7) is 16.0. The average molecular weight is 305 g/mol. The Morgan fingerprint density at radius 3 is 2.19 bits per heavy atom. The number of rotatable bonds is 2. The molecule has 0 N–H and O–H groups in total. The first-order valence-corrected chi connectivity index (χ1v) is 9.71. The first-order valence-electron chi connectivity index (χ1n) is 6.01. The number of hydrogen-bond donors (Lipinski definition) is 0. The van der Waals surface area contributed by atoms with Gasteiger partial charge >= 0.3 is 0 Å². The van der Waals surface area contributed by atoms with Gasteiger partial charge in [0.15, 0.2) is 8.32 Å².